The number of amides is 1. The summed E-state index contributed by atoms with van der Waals surface area (Å²) in [5.74, 6) is 0.372. The van der Waals surface area contributed by atoms with Gasteiger partial charge in [-0.3, -0.25) is 0 Å². The average Bonchev–Trinajstić information content (AvgIpc) is 2.08. The number of carboxylic acid groups (broad SMARTS) is 1. The van der Waals surface area contributed by atoms with E-state index in [4.69, 9.17) is 10.8 Å². The molecular formula is C11H24N2O2. The van der Waals surface area contributed by atoms with Gasteiger partial charge in [0, 0.05) is 12.6 Å². The number of hydrogen-bond donors (Lipinski definition) is 3. The number of nitrogens with two attached hydrogens (primary N) is 1. The van der Waals surface area contributed by atoms with Gasteiger partial charge in [-0.15, -0.1) is 0 Å². The summed E-state index contributed by atoms with van der Waals surface area (Å²) in [7, 11) is 0. The molecular weight excluding hydrogens is 192 g/mol. The Bertz CT molecular complexity index is 199. The topological polar surface area (TPSA) is 75.3 Å². The van der Waals surface area contributed by atoms with E-state index in [-0.39, 0.29) is 11.5 Å². The number of rotatable bonds is 5. The number of nitrogens with one attached hydrogen (secondary N) is 1. The molecule has 4 heteroatoms. The molecule has 4 N–H and O–H groups in total. The van der Waals surface area contributed by atoms with Crippen LogP contribution in [0, 0.1) is 11.3 Å². The van der Waals surface area contributed by atoms with Gasteiger partial charge in [-0.2, -0.15) is 0 Å². The summed E-state index contributed by atoms with van der Waals surface area (Å²) in [6.45, 7) is 8.95. The molecule has 0 aliphatic rings. The molecule has 15 heavy (non-hydrogen) atoms. The van der Waals surface area contributed by atoms with Crippen molar-refractivity contribution in [2.45, 2.75) is 46.6 Å². The van der Waals surface area contributed by atoms with Crippen LogP contribution in [0.1, 0.15) is 40.5 Å². The highest BCUT2D eigenvalue weighted by Crippen LogP contribution is 2.27. The van der Waals surface area contributed by atoms with E-state index in [9.17, 15) is 4.79 Å². The second-order valence-corrected chi connectivity index (χ2v) is 5.28. The summed E-state index contributed by atoms with van der Waals surface area (Å²) in [6, 6.07) is -0.0923. The van der Waals surface area contributed by atoms with Gasteiger partial charge in [-0.25, -0.2) is 4.79 Å². The smallest absolute Gasteiger partial charge is 0.404 e. The van der Waals surface area contributed by atoms with Gasteiger partial charge in [0.05, 0.1) is 0 Å². The molecule has 0 saturated heterocycles. The van der Waals surface area contributed by atoms with E-state index in [0.29, 0.717) is 12.5 Å². The van der Waals surface area contributed by atoms with Crippen molar-refractivity contribution >= 4 is 6.09 Å². The Morgan fingerprint density at radius 3 is 2.33 bits per heavy atom. The van der Waals surface area contributed by atoms with E-state index in [0.717, 1.165) is 12.8 Å². The molecule has 0 aromatic rings. The first-order valence-corrected chi connectivity index (χ1v) is 5.48. The van der Waals surface area contributed by atoms with E-state index in [1.54, 1.807) is 0 Å². The Balaban J connectivity index is 4.10. The fraction of sp³-hybridized carbons (Fsp3) is 0.909. The highest BCUT2D eigenvalue weighted by Gasteiger charge is 2.22. The third-order valence-corrected chi connectivity index (χ3v) is 2.49. The van der Waals surface area contributed by atoms with E-state index in [1.807, 2.05) is 0 Å². The standard InChI is InChI=1S/C11H24N2O2/c1-5-8(6-11(2,3)4)9(12)7-13-10(14)15/h8-9,13H,5-7,12H2,1-4H3,(H,14,15). The molecule has 0 aliphatic carbocycles. The van der Waals surface area contributed by atoms with Gasteiger partial charge in [0.1, 0.15) is 0 Å². The summed E-state index contributed by atoms with van der Waals surface area (Å²) in [5.41, 5.74) is 6.20. The molecule has 0 bridgehead atoms. The SMILES string of the molecule is CCC(CC(C)(C)C)C(N)CNC(=O)O. The second-order valence-electron chi connectivity index (χ2n) is 5.28. The van der Waals surface area contributed by atoms with Crippen LogP contribution in [-0.2, 0) is 0 Å². The molecule has 0 rings (SSSR count). The van der Waals surface area contributed by atoms with Gasteiger partial charge < -0.3 is 16.2 Å². The predicted molar refractivity (Wildman–Crippen MR) is 61.9 cm³/mol. The molecule has 1 amide bonds. The van der Waals surface area contributed by atoms with E-state index in [2.05, 4.69) is 33.0 Å². The van der Waals surface area contributed by atoms with E-state index >= 15 is 0 Å². The fourth-order valence-corrected chi connectivity index (χ4v) is 1.76. The monoisotopic (exact) mass is 216 g/mol. The van der Waals surface area contributed by atoms with Gasteiger partial charge in [0.2, 0.25) is 0 Å². The lowest BCUT2D eigenvalue weighted by Gasteiger charge is -2.29. The van der Waals surface area contributed by atoms with Crippen LogP contribution in [-0.4, -0.2) is 23.8 Å². The van der Waals surface area contributed by atoms with Crippen molar-refractivity contribution in [3.63, 3.8) is 0 Å². The van der Waals surface area contributed by atoms with Crippen LogP contribution in [0.3, 0.4) is 0 Å². The summed E-state index contributed by atoms with van der Waals surface area (Å²) in [6.07, 6.45) is 1.00. The average molecular weight is 216 g/mol. The van der Waals surface area contributed by atoms with Crippen molar-refractivity contribution in [1.29, 1.82) is 0 Å². The van der Waals surface area contributed by atoms with Gasteiger partial charge >= 0.3 is 6.09 Å². The molecule has 4 nitrogen and oxygen atoms in total. The summed E-state index contributed by atoms with van der Waals surface area (Å²) in [5, 5.41) is 10.8. The Kier molecular flexibility index (Phi) is 5.65. The lowest BCUT2D eigenvalue weighted by atomic mass is 9.80. The minimum Gasteiger partial charge on any atom is -0.465 e. The van der Waals surface area contributed by atoms with Crippen LogP contribution < -0.4 is 11.1 Å². The Morgan fingerprint density at radius 2 is 2.00 bits per heavy atom. The minimum absolute atomic E-state index is 0.0923. The second kappa shape index (κ2) is 5.95. The Labute approximate surface area is 92.2 Å². The Morgan fingerprint density at radius 1 is 1.47 bits per heavy atom. The van der Waals surface area contributed by atoms with Crippen molar-refractivity contribution in [2.75, 3.05) is 6.54 Å². The summed E-state index contributed by atoms with van der Waals surface area (Å²) < 4.78 is 0. The molecule has 2 unspecified atom stereocenters. The van der Waals surface area contributed by atoms with Crippen molar-refractivity contribution in [2.24, 2.45) is 17.1 Å². The molecule has 0 heterocycles. The van der Waals surface area contributed by atoms with Crippen LogP contribution in [0.2, 0.25) is 0 Å². The zero-order chi connectivity index (χ0) is 12.1. The molecule has 0 spiro atoms. The molecule has 2 atom stereocenters. The minimum atomic E-state index is -1.00. The summed E-state index contributed by atoms with van der Waals surface area (Å²) >= 11 is 0. The highest BCUT2D eigenvalue weighted by atomic mass is 16.4. The lowest BCUT2D eigenvalue weighted by molar-refractivity contribution is 0.190. The van der Waals surface area contributed by atoms with Crippen molar-refractivity contribution < 1.29 is 9.90 Å². The quantitative estimate of drug-likeness (QED) is 0.658. The van der Waals surface area contributed by atoms with E-state index < -0.39 is 6.09 Å². The summed E-state index contributed by atoms with van der Waals surface area (Å²) in [4.78, 5) is 10.3. The predicted octanol–water partition coefficient (Wildman–Crippen LogP) is 2.04. The normalized spacial score (nSPS) is 15.8. The highest BCUT2D eigenvalue weighted by molar-refractivity contribution is 5.64. The first kappa shape index (κ1) is 14.2. The van der Waals surface area contributed by atoms with Crippen molar-refractivity contribution in [1.82, 2.24) is 5.32 Å². The van der Waals surface area contributed by atoms with Crippen LogP contribution in [0.25, 0.3) is 0 Å². The zero-order valence-electron chi connectivity index (χ0n) is 10.2. The van der Waals surface area contributed by atoms with Crippen LogP contribution in [0.15, 0.2) is 0 Å². The fourth-order valence-electron chi connectivity index (χ4n) is 1.76. The van der Waals surface area contributed by atoms with Crippen LogP contribution >= 0.6 is 0 Å². The number of carbonyl (C=O) groups is 1. The maximum absolute atomic E-state index is 10.3. The molecule has 0 aliphatic heterocycles. The molecule has 0 fully saturated rings. The first-order valence-electron chi connectivity index (χ1n) is 5.48. The first-order chi connectivity index (χ1) is 6.76. The van der Waals surface area contributed by atoms with Crippen LogP contribution in [0.5, 0.6) is 0 Å². The molecule has 0 aromatic heterocycles. The Hall–Kier alpha value is -0.770. The van der Waals surface area contributed by atoms with Gasteiger partial charge in [-0.1, -0.05) is 34.1 Å². The van der Waals surface area contributed by atoms with E-state index in [1.165, 1.54) is 0 Å². The van der Waals surface area contributed by atoms with Crippen LogP contribution in [0.4, 0.5) is 4.79 Å². The lowest BCUT2D eigenvalue weighted by Crippen LogP contribution is -2.42. The third-order valence-electron chi connectivity index (χ3n) is 2.49. The maximum Gasteiger partial charge on any atom is 0.404 e. The number of hydrogen-bond acceptors (Lipinski definition) is 2. The van der Waals surface area contributed by atoms with Gasteiger partial charge in [0.25, 0.3) is 0 Å². The molecule has 0 saturated carbocycles. The van der Waals surface area contributed by atoms with Gasteiger partial charge in [0.15, 0.2) is 0 Å². The molecule has 90 valence electrons. The largest absolute Gasteiger partial charge is 0.465 e. The molecule has 0 radical (unpaired) electrons. The zero-order valence-corrected chi connectivity index (χ0v) is 10.2. The molecule has 0 aromatic carbocycles. The van der Waals surface area contributed by atoms with Crippen molar-refractivity contribution in [3.05, 3.63) is 0 Å². The van der Waals surface area contributed by atoms with Gasteiger partial charge in [-0.05, 0) is 17.8 Å². The third kappa shape index (κ3) is 7.19. The maximum atomic E-state index is 10.3. The van der Waals surface area contributed by atoms with Crippen molar-refractivity contribution in [3.8, 4) is 0 Å².